The predicted octanol–water partition coefficient (Wildman–Crippen LogP) is 1.18. The molecule has 5 nitrogen and oxygen atoms in total. The van der Waals surface area contributed by atoms with Crippen LogP contribution in [0.4, 0.5) is 5.69 Å². The lowest BCUT2D eigenvalue weighted by Crippen LogP contribution is -2.02. The minimum atomic E-state index is -2.32. The maximum Gasteiger partial charge on any atom is 0.324 e. The Balaban J connectivity index is 2.54. The van der Waals surface area contributed by atoms with E-state index in [2.05, 4.69) is 9.76 Å². The standard InChI is InChI=1S/C7H9NO4S/c1-11-7-4-2-6(3-5-7)8-12-13(9)10/h2-5,8H,1H3,(H,9,10). The Bertz CT molecular complexity index is 287. The van der Waals surface area contributed by atoms with Gasteiger partial charge in [0, 0.05) is 0 Å². The zero-order valence-electron chi connectivity index (χ0n) is 6.89. The molecule has 0 radical (unpaired) electrons. The van der Waals surface area contributed by atoms with Crippen LogP contribution in [0, 0.1) is 0 Å². The summed E-state index contributed by atoms with van der Waals surface area (Å²) in [6.07, 6.45) is 0. The molecule has 0 aliphatic heterocycles. The summed E-state index contributed by atoms with van der Waals surface area (Å²) in [6.45, 7) is 0. The van der Waals surface area contributed by atoms with Crippen LogP contribution in [0.15, 0.2) is 24.3 Å². The molecule has 6 heteroatoms. The highest BCUT2D eigenvalue weighted by atomic mass is 32.2. The first-order valence-corrected chi connectivity index (χ1v) is 4.44. The summed E-state index contributed by atoms with van der Waals surface area (Å²) in [4.78, 5) is 0. The van der Waals surface area contributed by atoms with Crippen LogP contribution in [0.5, 0.6) is 5.75 Å². The van der Waals surface area contributed by atoms with Crippen molar-refractivity contribution in [3.8, 4) is 5.75 Å². The van der Waals surface area contributed by atoms with Crippen LogP contribution in [-0.2, 0) is 15.6 Å². The second-order valence-electron chi connectivity index (χ2n) is 2.13. The van der Waals surface area contributed by atoms with Crippen molar-refractivity contribution < 1.29 is 17.8 Å². The van der Waals surface area contributed by atoms with Gasteiger partial charge < -0.3 is 4.74 Å². The minimum Gasteiger partial charge on any atom is -0.497 e. The van der Waals surface area contributed by atoms with Crippen LogP contribution in [0.3, 0.4) is 0 Å². The van der Waals surface area contributed by atoms with Crippen molar-refractivity contribution in [2.75, 3.05) is 12.6 Å². The first kappa shape index (κ1) is 9.97. The summed E-state index contributed by atoms with van der Waals surface area (Å²) >= 11 is -2.32. The van der Waals surface area contributed by atoms with Crippen LogP contribution in [-0.4, -0.2) is 15.9 Å². The van der Waals surface area contributed by atoms with E-state index in [-0.39, 0.29) is 0 Å². The lowest BCUT2D eigenvalue weighted by molar-refractivity contribution is 0.373. The number of benzene rings is 1. The fourth-order valence-electron chi connectivity index (χ4n) is 0.743. The predicted molar refractivity (Wildman–Crippen MR) is 48.5 cm³/mol. The normalized spacial score (nSPS) is 12.2. The molecule has 0 aliphatic carbocycles. The summed E-state index contributed by atoms with van der Waals surface area (Å²) in [7, 11) is 1.56. The van der Waals surface area contributed by atoms with Gasteiger partial charge in [-0.25, -0.2) is 5.48 Å². The molecule has 0 spiro atoms. The molecule has 13 heavy (non-hydrogen) atoms. The Hall–Kier alpha value is -1.11. The zero-order chi connectivity index (χ0) is 9.68. The molecule has 1 atom stereocenters. The Labute approximate surface area is 78.1 Å². The summed E-state index contributed by atoms with van der Waals surface area (Å²) in [6, 6.07) is 6.72. The van der Waals surface area contributed by atoms with Gasteiger partial charge in [0.25, 0.3) is 0 Å². The van der Waals surface area contributed by atoms with Gasteiger partial charge in [0.15, 0.2) is 0 Å². The van der Waals surface area contributed by atoms with Gasteiger partial charge in [-0.1, -0.05) is 0 Å². The summed E-state index contributed by atoms with van der Waals surface area (Å²) in [5, 5.41) is 0. The second-order valence-corrected chi connectivity index (χ2v) is 2.73. The van der Waals surface area contributed by atoms with Gasteiger partial charge in [0.1, 0.15) is 5.75 Å². The molecule has 0 fully saturated rings. The monoisotopic (exact) mass is 203 g/mol. The molecule has 1 unspecified atom stereocenters. The number of hydrogen-bond donors (Lipinski definition) is 2. The van der Waals surface area contributed by atoms with Crippen molar-refractivity contribution in [1.29, 1.82) is 0 Å². The molecule has 72 valence electrons. The Morgan fingerprint density at radius 2 is 2.00 bits per heavy atom. The quantitative estimate of drug-likeness (QED) is 0.568. The molecule has 0 amide bonds. The largest absolute Gasteiger partial charge is 0.497 e. The highest BCUT2D eigenvalue weighted by Crippen LogP contribution is 2.14. The molecule has 2 N–H and O–H groups in total. The van der Waals surface area contributed by atoms with Gasteiger partial charge >= 0.3 is 11.4 Å². The van der Waals surface area contributed by atoms with Crippen LogP contribution < -0.4 is 10.2 Å². The summed E-state index contributed by atoms with van der Waals surface area (Å²) in [5.74, 6) is 0.704. The SMILES string of the molecule is COc1ccc(NOS(=O)O)cc1. The van der Waals surface area contributed by atoms with Crippen molar-refractivity contribution in [3.63, 3.8) is 0 Å². The molecule has 0 heterocycles. The van der Waals surface area contributed by atoms with Crippen molar-refractivity contribution in [3.05, 3.63) is 24.3 Å². The topological polar surface area (TPSA) is 67.8 Å². The highest BCUT2D eigenvalue weighted by Gasteiger charge is 1.95. The third kappa shape index (κ3) is 3.41. The number of rotatable bonds is 4. The smallest absolute Gasteiger partial charge is 0.324 e. The van der Waals surface area contributed by atoms with Gasteiger partial charge in [0.05, 0.1) is 12.8 Å². The molecule has 0 aromatic heterocycles. The lowest BCUT2D eigenvalue weighted by atomic mass is 10.3. The van der Waals surface area contributed by atoms with Crippen molar-refractivity contribution in [1.82, 2.24) is 0 Å². The van der Waals surface area contributed by atoms with Gasteiger partial charge in [0.2, 0.25) is 0 Å². The van der Waals surface area contributed by atoms with E-state index in [9.17, 15) is 4.21 Å². The average Bonchev–Trinajstić information content (AvgIpc) is 2.15. The molecule has 1 aromatic rings. The molecular formula is C7H9NO4S. The maximum atomic E-state index is 10.1. The number of nitrogens with one attached hydrogen (secondary N) is 1. The molecule has 0 saturated heterocycles. The van der Waals surface area contributed by atoms with Gasteiger partial charge in [-0.15, -0.1) is 4.28 Å². The summed E-state index contributed by atoms with van der Waals surface area (Å²) in [5.41, 5.74) is 2.86. The van der Waals surface area contributed by atoms with Crippen molar-refractivity contribution in [2.45, 2.75) is 0 Å². The number of hydrogen-bond acceptors (Lipinski definition) is 4. The molecule has 1 rings (SSSR count). The van der Waals surface area contributed by atoms with E-state index in [1.807, 2.05) is 0 Å². The van der Waals surface area contributed by atoms with E-state index in [1.165, 1.54) is 0 Å². The van der Waals surface area contributed by atoms with E-state index in [1.54, 1.807) is 31.4 Å². The fourth-order valence-corrected chi connectivity index (χ4v) is 0.910. The van der Waals surface area contributed by atoms with Crippen LogP contribution in [0.1, 0.15) is 0 Å². The molecule has 0 bridgehead atoms. The maximum absolute atomic E-state index is 10.1. The van der Waals surface area contributed by atoms with E-state index in [4.69, 9.17) is 9.29 Å². The van der Waals surface area contributed by atoms with Crippen molar-refractivity contribution in [2.24, 2.45) is 0 Å². The fraction of sp³-hybridized carbons (Fsp3) is 0.143. The summed E-state index contributed by atoms with van der Waals surface area (Å²) < 4.78 is 27.5. The molecule has 0 saturated carbocycles. The van der Waals surface area contributed by atoms with Crippen LogP contribution in [0.25, 0.3) is 0 Å². The Morgan fingerprint density at radius 3 is 2.46 bits per heavy atom. The number of anilines is 1. The van der Waals surface area contributed by atoms with E-state index in [0.29, 0.717) is 11.4 Å². The van der Waals surface area contributed by atoms with Crippen molar-refractivity contribution >= 4 is 17.0 Å². The highest BCUT2D eigenvalue weighted by molar-refractivity contribution is 7.74. The molecular weight excluding hydrogens is 194 g/mol. The van der Waals surface area contributed by atoms with E-state index < -0.39 is 11.4 Å². The lowest BCUT2D eigenvalue weighted by Gasteiger charge is -2.03. The first-order valence-electron chi connectivity index (χ1n) is 3.40. The number of ether oxygens (including phenoxy) is 1. The van der Waals surface area contributed by atoms with Crippen LogP contribution >= 0.6 is 0 Å². The van der Waals surface area contributed by atoms with Crippen LogP contribution in [0.2, 0.25) is 0 Å². The van der Waals surface area contributed by atoms with Gasteiger partial charge in [-0.05, 0) is 24.3 Å². The zero-order valence-corrected chi connectivity index (χ0v) is 7.71. The van der Waals surface area contributed by atoms with E-state index in [0.717, 1.165) is 0 Å². The minimum absolute atomic E-state index is 0.572. The third-order valence-corrected chi connectivity index (χ3v) is 1.55. The number of methoxy groups -OCH3 is 1. The molecule has 1 aromatic carbocycles. The van der Waals surface area contributed by atoms with Gasteiger partial charge in [-0.2, -0.15) is 4.21 Å². The first-order chi connectivity index (χ1) is 6.22. The van der Waals surface area contributed by atoms with E-state index >= 15 is 0 Å². The Kier molecular flexibility index (Phi) is 3.69. The second kappa shape index (κ2) is 4.80. The Morgan fingerprint density at radius 1 is 1.38 bits per heavy atom. The average molecular weight is 203 g/mol. The van der Waals surface area contributed by atoms with Gasteiger partial charge in [-0.3, -0.25) is 4.55 Å². The third-order valence-electron chi connectivity index (χ3n) is 1.32. The molecule has 0 aliphatic rings.